The Morgan fingerprint density at radius 2 is 1.84 bits per heavy atom. The average molecular weight is 599 g/mol. The number of piperazine rings is 1. The van der Waals surface area contributed by atoms with E-state index in [1.807, 2.05) is 37.5 Å². The molecule has 1 aliphatic heterocycles. The standard InChI is InChI=1S/C31H35ClN10O/c1-21-16-23(17-33-28(21)32)4-3-10-42-11-9-25-29(34-20-35-30(25)42)38-26-18-36-39-27(26)31(43)37-24-7-5-22(6-8-24)19-41-14-12-40(2)13-15-41/h5-9,11,16-18,20H,3-4,10,12-15,19H2,1-2H3,(H,36,39)(H,37,43)(H,34,35,38). The number of aromatic amines is 1. The highest BCUT2D eigenvalue weighted by molar-refractivity contribution is 6.30. The quantitative estimate of drug-likeness (QED) is 0.194. The zero-order chi connectivity index (χ0) is 29.8. The topological polar surface area (TPSA) is 120 Å². The van der Waals surface area contributed by atoms with E-state index in [2.05, 4.69) is 75.4 Å². The molecule has 5 aromatic rings. The van der Waals surface area contributed by atoms with Crippen LogP contribution < -0.4 is 10.6 Å². The number of halogens is 1. The van der Waals surface area contributed by atoms with Crippen molar-refractivity contribution >= 4 is 45.7 Å². The summed E-state index contributed by atoms with van der Waals surface area (Å²) in [5.74, 6) is 0.312. The Balaban J connectivity index is 1.08. The van der Waals surface area contributed by atoms with Gasteiger partial charge in [0, 0.05) is 57.3 Å². The van der Waals surface area contributed by atoms with E-state index in [0.717, 1.165) is 80.0 Å². The number of rotatable bonds is 10. The molecule has 222 valence electrons. The number of benzene rings is 1. The third-order valence-electron chi connectivity index (χ3n) is 7.82. The van der Waals surface area contributed by atoms with Crippen molar-refractivity contribution in [3.05, 3.63) is 88.9 Å². The van der Waals surface area contributed by atoms with Gasteiger partial charge in [0.15, 0.2) is 0 Å². The summed E-state index contributed by atoms with van der Waals surface area (Å²) >= 11 is 6.06. The molecule has 12 heteroatoms. The molecule has 5 heterocycles. The van der Waals surface area contributed by atoms with Gasteiger partial charge in [-0.15, -0.1) is 0 Å². The molecule has 0 atom stereocenters. The van der Waals surface area contributed by atoms with Gasteiger partial charge in [-0.3, -0.25) is 14.8 Å². The molecular formula is C31H35ClN10O. The van der Waals surface area contributed by atoms with E-state index in [4.69, 9.17) is 11.6 Å². The fourth-order valence-corrected chi connectivity index (χ4v) is 5.43. The number of likely N-dealkylation sites (N-methyl/N-ethyl adjacent to an activating group) is 1. The van der Waals surface area contributed by atoms with E-state index in [0.29, 0.717) is 22.4 Å². The number of H-pyrrole nitrogens is 1. The van der Waals surface area contributed by atoms with Crippen molar-refractivity contribution in [1.82, 2.24) is 39.5 Å². The first-order valence-electron chi connectivity index (χ1n) is 14.5. The highest BCUT2D eigenvalue weighted by Crippen LogP contribution is 2.26. The normalized spacial score (nSPS) is 14.3. The van der Waals surface area contributed by atoms with Crippen LogP contribution in [0.5, 0.6) is 0 Å². The fraction of sp³-hybridized carbons (Fsp3) is 0.323. The predicted octanol–water partition coefficient (Wildman–Crippen LogP) is 4.89. The maximum atomic E-state index is 13.2. The number of carbonyl (C=O) groups excluding carboxylic acids is 1. The van der Waals surface area contributed by atoms with Gasteiger partial charge in [0.1, 0.15) is 28.6 Å². The fourth-order valence-electron chi connectivity index (χ4n) is 5.32. The van der Waals surface area contributed by atoms with Crippen LogP contribution in [0.3, 0.4) is 0 Å². The lowest BCUT2D eigenvalue weighted by Gasteiger charge is -2.32. The summed E-state index contributed by atoms with van der Waals surface area (Å²) in [6, 6.07) is 12.1. The van der Waals surface area contributed by atoms with E-state index < -0.39 is 0 Å². The number of carbonyl (C=O) groups is 1. The van der Waals surface area contributed by atoms with Crippen LogP contribution in [-0.4, -0.2) is 78.7 Å². The number of nitrogens with one attached hydrogen (secondary N) is 3. The summed E-state index contributed by atoms with van der Waals surface area (Å²) in [6.45, 7) is 7.96. The van der Waals surface area contributed by atoms with Crippen LogP contribution in [-0.2, 0) is 19.5 Å². The molecule has 1 saturated heterocycles. The van der Waals surface area contributed by atoms with Gasteiger partial charge in [0.25, 0.3) is 5.91 Å². The minimum atomic E-state index is -0.290. The molecule has 43 heavy (non-hydrogen) atoms. The third-order valence-corrected chi connectivity index (χ3v) is 8.22. The van der Waals surface area contributed by atoms with Gasteiger partial charge >= 0.3 is 0 Å². The highest BCUT2D eigenvalue weighted by Gasteiger charge is 2.18. The molecule has 1 aromatic carbocycles. The molecule has 1 fully saturated rings. The van der Waals surface area contributed by atoms with Crippen LogP contribution in [0.2, 0.25) is 5.15 Å². The minimum absolute atomic E-state index is 0.290. The van der Waals surface area contributed by atoms with E-state index in [1.165, 1.54) is 11.9 Å². The maximum absolute atomic E-state index is 13.2. The van der Waals surface area contributed by atoms with E-state index in [9.17, 15) is 4.79 Å². The van der Waals surface area contributed by atoms with E-state index in [-0.39, 0.29) is 5.91 Å². The number of anilines is 3. The number of hydrogen-bond acceptors (Lipinski definition) is 8. The van der Waals surface area contributed by atoms with Crippen molar-refractivity contribution < 1.29 is 4.79 Å². The summed E-state index contributed by atoms with van der Waals surface area (Å²) < 4.78 is 2.11. The second-order valence-corrected chi connectivity index (χ2v) is 11.4. The Morgan fingerprint density at radius 1 is 1.02 bits per heavy atom. The molecule has 11 nitrogen and oxygen atoms in total. The van der Waals surface area contributed by atoms with Gasteiger partial charge in [-0.05, 0) is 61.7 Å². The Morgan fingerprint density at radius 3 is 2.63 bits per heavy atom. The maximum Gasteiger partial charge on any atom is 0.275 e. The minimum Gasteiger partial charge on any atom is -0.336 e. The van der Waals surface area contributed by atoms with Gasteiger partial charge in [0.05, 0.1) is 17.3 Å². The van der Waals surface area contributed by atoms with Gasteiger partial charge in [-0.25, -0.2) is 15.0 Å². The van der Waals surface area contributed by atoms with Crippen molar-refractivity contribution in [2.75, 3.05) is 43.9 Å². The first-order chi connectivity index (χ1) is 20.9. The number of amides is 1. The van der Waals surface area contributed by atoms with Crippen molar-refractivity contribution in [3.8, 4) is 0 Å². The Kier molecular flexibility index (Phi) is 8.64. The van der Waals surface area contributed by atoms with Crippen molar-refractivity contribution in [1.29, 1.82) is 0 Å². The summed E-state index contributed by atoms with van der Waals surface area (Å²) in [5.41, 5.74) is 5.75. The monoisotopic (exact) mass is 598 g/mol. The first-order valence-corrected chi connectivity index (χ1v) is 14.8. The van der Waals surface area contributed by atoms with Crippen LogP contribution in [0.25, 0.3) is 11.0 Å². The zero-order valence-electron chi connectivity index (χ0n) is 24.3. The largest absolute Gasteiger partial charge is 0.336 e. The summed E-state index contributed by atoms with van der Waals surface area (Å²) in [5, 5.41) is 14.6. The molecule has 6 rings (SSSR count). The SMILES string of the molecule is Cc1cc(CCCn2ccc3c(Nc4cn[nH]c4C(=O)Nc4ccc(CN5CCN(C)CC5)cc4)ncnc32)cnc1Cl. The Labute approximate surface area is 255 Å². The van der Waals surface area contributed by atoms with Crippen LogP contribution in [0.4, 0.5) is 17.2 Å². The summed E-state index contributed by atoms with van der Waals surface area (Å²) in [6.07, 6.45) is 8.75. The molecule has 0 radical (unpaired) electrons. The number of pyridine rings is 1. The van der Waals surface area contributed by atoms with Crippen LogP contribution in [0, 0.1) is 6.92 Å². The molecule has 0 aliphatic carbocycles. The van der Waals surface area contributed by atoms with Crippen LogP contribution in [0.1, 0.15) is 33.6 Å². The molecule has 3 N–H and O–H groups in total. The van der Waals surface area contributed by atoms with Gasteiger partial charge in [-0.1, -0.05) is 29.8 Å². The molecule has 1 amide bonds. The van der Waals surface area contributed by atoms with Gasteiger partial charge in [-0.2, -0.15) is 5.10 Å². The van der Waals surface area contributed by atoms with Crippen molar-refractivity contribution in [2.24, 2.45) is 0 Å². The number of nitrogens with zero attached hydrogens (tertiary/aromatic N) is 7. The number of fused-ring (bicyclic) bond motifs is 1. The van der Waals surface area contributed by atoms with Crippen molar-refractivity contribution in [2.45, 2.75) is 32.9 Å². The second kappa shape index (κ2) is 12.9. The highest BCUT2D eigenvalue weighted by atomic mass is 35.5. The lowest BCUT2D eigenvalue weighted by Crippen LogP contribution is -2.43. The second-order valence-electron chi connectivity index (χ2n) is 11.0. The van der Waals surface area contributed by atoms with Crippen LogP contribution >= 0.6 is 11.6 Å². The van der Waals surface area contributed by atoms with Gasteiger partial charge < -0.3 is 20.1 Å². The zero-order valence-corrected chi connectivity index (χ0v) is 25.1. The van der Waals surface area contributed by atoms with Gasteiger partial charge in [0.2, 0.25) is 0 Å². The third kappa shape index (κ3) is 6.85. The van der Waals surface area contributed by atoms with Crippen LogP contribution in [0.15, 0.2) is 61.3 Å². The lowest BCUT2D eigenvalue weighted by molar-refractivity contribution is 0.102. The summed E-state index contributed by atoms with van der Waals surface area (Å²) in [7, 11) is 2.16. The van der Waals surface area contributed by atoms with E-state index in [1.54, 1.807) is 6.20 Å². The molecule has 0 spiro atoms. The predicted molar refractivity (Wildman–Crippen MR) is 169 cm³/mol. The summed E-state index contributed by atoms with van der Waals surface area (Å²) in [4.78, 5) is 31.2. The average Bonchev–Trinajstić information content (AvgIpc) is 3.65. The number of aromatic nitrogens is 6. The lowest BCUT2D eigenvalue weighted by atomic mass is 10.1. The molecule has 1 aliphatic rings. The first kappa shape index (κ1) is 28.8. The molecule has 0 unspecified atom stereocenters. The molecular weight excluding hydrogens is 564 g/mol. The Hall–Kier alpha value is -4.32. The van der Waals surface area contributed by atoms with Crippen molar-refractivity contribution in [3.63, 3.8) is 0 Å². The molecule has 0 bridgehead atoms. The Bertz CT molecular complexity index is 1710. The number of hydrogen-bond donors (Lipinski definition) is 3. The van der Waals surface area contributed by atoms with E-state index >= 15 is 0 Å². The molecule has 0 saturated carbocycles. The smallest absolute Gasteiger partial charge is 0.275 e. The number of aryl methyl sites for hydroxylation is 3. The molecule has 4 aromatic heterocycles.